The molecule has 1 aromatic heterocycles. The van der Waals surface area contributed by atoms with Gasteiger partial charge in [-0.15, -0.1) is 0 Å². The molecule has 1 heterocycles. The molecule has 2 unspecified atom stereocenters. The summed E-state index contributed by atoms with van der Waals surface area (Å²) >= 11 is 1.15. The van der Waals surface area contributed by atoms with Gasteiger partial charge < -0.3 is 9.84 Å². The molecule has 0 radical (unpaired) electrons. The molecule has 0 amide bonds. The van der Waals surface area contributed by atoms with E-state index < -0.39 is 12.0 Å². The van der Waals surface area contributed by atoms with Gasteiger partial charge in [-0.3, -0.25) is 0 Å². The van der Waals surface area contributed by atoms with Crippen LogP contribution >= 0.6 is 11.5 Å². The molecule has 0 spiro atoms. The van der Waals surface area contributed by atoms with Crippen molar-refractivity contribution < 1.29 is 9.84 Å². The highest BCUT2D eigenvalue weighted by atomic mass is 32.1. The summed E-state index contributed by atoms with van der Waals surface area (Å²) < 4.78 is 8.79. The van der Waals surface area contributed by atoms with E-state index in [1.54, 1.807) is 13.0 Å². The second kappa shape index (κ2) is 4.21. The van der Waals surface area contributed by atoms with Gasteiger partial charge in [-0.1, -0.05) is 0 Å². The molecule has 0 aliphatic heterocycles. The Morgan fingerprint density at radius 3 is 2.92 bits per heavy atom. The van der Waals surface area contributed by atoms with Crippen molar-refractivity contribution in [3.8, 4) is 11.9 Å². The lowest BCUT2D eigenvalue weighted by Crippen LogP contribution is -2.04. The van der Waals surface area contributed by atoms with Crippen molar-refractivity contribution in [2.75, 3.05) is 7.11 Å². The number of aromatic nitrogens is 1. The average Bonchev–Trinajstić information content (AvgIpc) is 2.63. The molecule has 0 saturated heterocycles. The summed E-state index contributed by atoms with van der Waals surface area (Å²) in [6, 6.07) is 3.62. The van der Waals surface area contributed by atoms with Crippen molar-refractivity contribution in [2.45, 2.75) is 13.0 Å². The summed E-state index contributed by atoms with van der Waals surface area (Å²) in [4.78, 5) is 0.658. The van der Waals surface area contributed by atoms with E-state index in [0.29, 0.717) is 10.8 Å². The quantitative estimate of drug-likeness (QED) is 0.796. The van der Waals surface area contributed by atoms with E-state index in [0.717, 1.165) is 11.5 Å². The molecule has 4 nitrogen and oxygen atoms in total. The van der Waals surface area contributed by atoms with Crippen LogP contribution in [-0.2, 0) is 0 Å². The Morgan fingerprint density at radius 2 is 2.46 bits per heavy atom. The van der Waals surface area contributed by atoms with Crippen molar-refractivity contribution >= 4 is 11.5 Å². The Kier molecular flexibility index (Phi) is 3.23. The molecular formula is C8H10N2O2S. The molecule has 2 atom stereocenters. The highest BCUT2D eigenvalue weighted by Crippen LogP contribution is 2.27. The molecular weight excluding hydrogens is 188 g/mol. The van der Waals surface area contributed by atoms with E-state index in [9.17, 15) is 5.11 Å². The van der Waals surface area contributed by atoms with Gasteiger partial charge in [0, 0.05) is 6.07 Å². The van der Waals surface area contributed by atoms with Crippen LogP contribution in [0.3, 0.4) is 0 Å². The maximum Gasteiger partial charge on any atom is 0.225 e. The molecule has 0 aromatic carbocycles. The second-order valence-corrected chi connectivity index (χ2v) is 3.47. The molecule has 70 valence electrons. The van der Waals surface area contributed by atoms with Crippen LogP contribution < -0.4 is 4.74 Å². The lowest BCUT2D eigenvalue weighted by Gasteiger charge is -2.07. The Bertz CT molecular complexity index is 318. The van der Waals surface area contributed by atoms with E-state index in [1.165, 1.54) is 7.11 Å². The van der Waals surface area contributed by atoms with Gasteiger partial charge in [-0.2, -0.15) is 9.64 Å². The van der Waals surface area contributed by atoms with Crippen LogP contribution in [0, 0.1) is 17.2 Å². The fraction of sp³-hybridized carbons (Fsp3) is 0.500. The smallest absolute Gasteiger partial charge is 0.225 e. The summed E-state index contributed by atoms with van der Waals surface area (Å²) in [7, 11) is 1.51. The van der Waals surface area contributed by atoms with Crippen LogP contribution in [0.2, 0.25) is 0 Å². The molecule has 0 aliphatic carbocycles. The van der Waals surface area contributed by atoms with Gasteiger partial charge in [0.25, 0.3) is 0 Å². The number of rotatable bonds is 3. The van der Waals surface area contributed by atoms with Gasteiger partial charge >= 0.3 is 0 Å². The largest absolute Gasteiger partial charge is 0.480 e. The van der Waals surface area contributed by atoms with Gasteiger partial charge in [-0.25, -0.2) is 0 Å². The summed E-state index contributed by atoms with van der Waals surface area (Å²) in [5, 5.41) is 18.2. The summed E-state index contributed by atoms with van der Waals surface area (Å²) in [6.07, 6.45) is -0.772. The lowest BCUT2D eigenvalue weighted by molar-refractivity contribution is 0.146. The number of methoxy groups -OCH3 is 1. The summed E-state index contributed by atoms with van der Waals surface area (Å²) in [5.41, 5.74) is 0. The normalized spacial score (nSPS) is 14.6. The highest BCUT2D eigenvalue weighted by Gasteiger charge is 2.18. The number of hydrogen-bond donors (Lipinski definition) is 1. The van der Waals surface area contributed by atoms with Crippen molar-refractivity contribution in [2.24, 2.45) is 5.92 Å². The van der Waals surface area contributed by atoms with Gasteiger partial charge in [0.2, 0.25) is 5.88 Å². The van der Waals surface area contributed by atoms with Crippen LogP contribution in [0.1, 0.15) is 17.9 Å². The van der Waals surface area contributed by atoms with Gasteiger partial charge in [0.15, 0.2) is 0 Å². The van der Waals surface area contributed by atoms with E-state index in [4.69, 9.17) is 10.00 Å². The van der Waals surface area contributed by atoms with E-state index >= 15 is 0 Å². The zero-order valence-corrected chi connectivity index (χ0v) is 8.21. The van der Waals surface area contributed by atoms with Crippen LogP contribution in [0.25, 0.3) is 0 Å². The topological polar surface area (TPSA) is 66.1 Å². The Balaban J connectivity index is 2.78. The molecule has 1 rings (SSSR count). The number of aliphatic hydroxyl groups is 1. The van der Waals surface area contributed by atoms with Crippen LogP contribution in [-0.4, -0.2) is 16.6 Å². The number of nitriles is 1. The lowest BCUT2D eigenvalue weighted by atomic mass is 10.1. The fourth-order valence-corrected chi connectivity index (χ4v) is 1.61. The SMILES string of the molecule is COc1cc(C(O)C(C)C#N)sn1. The van der Waals surface area contributed by atoms with Crippen LogP contribution in [0.5, 0.6) is 5.88 Å². The first-order chi connectivity index (χ1) is 6.19. The third-order valence-corrected chi connectivity index (χ3v) is 2.53. The van der Waals surface area contributed by atoms with Gasteiger partial charge in [-0.05, 0) is 18.5 Å². The highest BCUT2D eigenvalue weighted by molar-refractivity contribution is 7.06. The maximum atomic E-state index is 9.59. The van der Waals surface area contributed by atoms with Gasteiger partial charge in [0.05, 0.1) is 24.0 Å². The second-order valence-electron chi connectivity index (χ2n) is 2.63. The number of nitrogens with zero attached hydrogens (tertiary/aromatic N) is 2. The minimum absolute atomic E-state index is 0.426. The minimum atomic E-state index is -0.772. The third-order valence-electron chi connectivity index (χ3n) is 1.68. The summed E-state index contributed by atoms with van der Waals surface area (Å²) in [6.45, 7) is 1.66. The van der Waals surface area contributed by atoms with E-state index in [2.05, 4.69) is 4.37 Å². The molecule has 1 N–H and O–H groups in total. The number of aliphatic hydroxyl groups excluding tert-OH is 1. The van der Waals surface area contributed by atoms with E-state index in [1.807, 2.05) is 6.07 Å². The van der Waals surface area contributed by atoms with Gasteiger partial charge in [0.1, 0.15) is 6.10 Å². The first kappa shape index (κ1) is 9.96. The molecule has 0 bridgehead atoms. The zero-order valence-electron chi connectivity index (χ0n) is 7.39. The molecule has 0 aliphatic rings. The van der Waals surface area contributed by atoms with Crippen LogP contribution in [0.4, 0.5) is 0 Å². The van der Waals surface area contributed by atoms with Crippen molar-refractivity contribution in [3.05, 3.63) is 10.9 Å². The Hall–Kier alpha value is -1.12. The van der Waals surface area contributed by atoms with Crippen molar-refractivity contribution in [3.63, 3.8) is 0 Å². The van der Waals surface area contributed by atoms with E-state index in [-0.39, 0.29) is 0 Å². The Morgan fingerprint density at radius 1 is 1.77 bits per heavy atom. The minimum Gasteiger partial charge on any atom is -0.480 e. The monoisotopic (exact) mass is 198 g/mol. The number of ether oxygens (including phenoxy) is 1. The molecule has 0 fully saturated rings. The fourth-order valence-electron chi connectivity index (χ4n) is 0.825. The Labute approximate surface area is 80.6 Å². The van der Waals surface area contributed by atoms with Crippen molar-refractivity contribution in [1.29, 1.82) is 5.26 Å². The first-order valence-electron chi connectivity index (χ1n) is 3.77. The predicted octanol–water partition coefficient (Wildman–Crippen LogP) is 1.34. The average molecular weight is 198 g/mol. The molecule has 13 heavy (non-hydrogen) atoms. The zero-order chi connectivity index (χ0) is 9.84. The third kappa shape index (κ3) is 2.17. The maximum absolute atomic E-state index is 9.59. The predicted molar refractivity (Wildman–Crippen MR) is 48.4 cm³/mol. The summed E-state index contributed by atoms with van der Waals surface area (Å²) in [5.74, 6) is 0.0503. The first-order valence-corrected chi connectivity index (χ1v) is 4.54. The molecule has 0 saturated carbocycles. The molecule has 5 heteroatoms. The van der Waals surface area contributed by atoms with Crippen LogP contribution in [0.15, 0.2) is 6.07 Å². The van der Waals surface area contributed by atoms with Crippen molar-refractivity contribution in [1.82, 2.24) is 4.37 Å². The standard InChI is InChI=1S/C8H10N2O2S/c1-5(4-9)8(11)6-3-7(12-2)10-13-6/h3,5,8,11H,1-2H3. The molecule has 1 aromatic rings. The number of hydrogen-bond acceptors (Lipinski definition) is 5.